The van der Waals surface area contributed by atoms with Gasteiger partial charge in [0.1, 0.15) is 5.82 Å². The maximum absolute atomic E-state index is 11.1. The number of rotatable bonds is 5. The van der Waals surface area contributed by atoms with E-state index >= 15 is 0 Å². The summed E-state index contributed by atoms with van der Waals surface area (Å²) in [5, 5.41) is 11.1. The molecule has 0 aliphatic heterocycles. The third-order valence-electron chi connectivity index (χ3n) is 2.38. The predicted octanol–water partition coefficient (Wildman–Crippen LogP) is 1.55. The highest BCUT2D eigenvalue weighted by Gasteiger charge is 2.27. The van der Waals surface area contributed by atoms with Crippen molar-refractivity contribution in [3.8, 4) is 5.88 Å². The van der Waals surface area contributed by atoms with E-state index in [1.165, 1.54) is 7.11 Å². The van der Waals surface area contributed by atoms with Gasteiger partial charge >= 0.3 is 5.69 Å². The summed E-state index contributed by atoms with van der Waals surface area (Å²) < 4.78 is 4.95. The lowest BCUT2D eigenvalue weighted by atomic mass is 10.3. The molecule has 1 aromatic rings. The van der Waals surface area contributed by atoms with Crippen molar-refractivity contribution in [1.29, 1.82) is 0 Å². The molecule has 0 saturated heterocycles. The van der Waals surface area contributed by atoms with Gasteiger partial charge in [-0.2, -0.15) is 4.98 Å². The van der Waals surface area contributed by atoms with Crippen LogP contribution in [-0.2, 0) is 0 Å². The van der Waals surface area contributed by atoms with Crippen LogP contribution in [0.25, 0.3) is 0 Å². The third-order valence-corrected chi connectivity index (χ3v) is 2.38. The van der Waals surface area contributed by atoms with Crippen LogP contribution in [0.1, 0.15) is 19.7 Å². The lowest BCUT2D eigenvalue weighted by molar-refractivity contribution is -0.385. The standard InChI is InChI=1S/C10H16N4O3/c1-5-13(6-2)9-8(14(15)16)10(17-4)12-7(3)11-9/h5-6H2,1-4H3. The molecule has 0 spiro atoms. The van der Waals surface area contributed by atoms with Gasteiger partial charge in [-0.3, -0.25) is 10.1 Å². The maximum atomic E-state index is 11.1. The maximum Gasteiger partial charge on any atom is 0.372 e. The summed E-state index contributed by atoms with van der Waals surface area (Å²) in [6.45, 7) is 6.78. The average Bonchev–Trinajstić information content (AvgIpc) is 2.29. The number of methoxy groups -OCH3 is 1. The van der Waals surface area contributed by atoms with E-state index in [1.54, 1.807) is 11.8 Å². The summed E-state index contributed by atoms with van der Waals surface area (Å²) in [6, 6.07) is 0. The van der Waals surface area contributed by atoms with Gasteiger partial charge in [-0.15, -0.1) is 0 Å². The zero-order chi connectivity index (χ0) is 13.0. The number of ether oxygens (including phenoxy) is 1. The van der Waals surface area contributed by atoms with Crippen LogP contribution in [0.3, 0.4) is 0 Å². The van der Waals surface area contributed by atoms with Crippen LogP contribution in [0.5, 0.6) is 5.88 Å². The Balaban J connectivity index is 3.44. The van der Waals surface area contributed by atoms with Gasteiger partial charge in [0.25, 0.3) is 5.88 Å². The Hall–Kier alpha value is -1.92. The number of nitrogens with zero attached hydrogens (tertiary/aromatic N) is 4. The van der Waals surface area contributed by atoms with E-state index in [4.69, 9.17) is 4.74 Å². The fraction of sp³-hybridized carbons (Fsp3) is 0.600. The minimum absolute atomic E-state index is 0.00407. The lowest BCUT2D eigenvalue weighted by Crippen LogP contribution is -2.24. The zero-order valence-electron chi connectivity index (χ0n) is 10.4. The van der Waals surface area contributed by atoms with Crippen LogP contribution in [0, 0.1) is 17.0 Å². The highest BCUT2D eigenvalue weighted by molar-refractivity contribution is 5.63. The first kappa shape index (κ1) is 13.1. The molecule has 7 nitrogen and oxygen atoms in total. The van der Waals surface area contributed by atoms with E-state index in [-0.39, 0.29) is 11.6 Å². The Morgan fingerprint density at radius 1 is 1.35 bits per heavy atom. The highest BCUT2D eigenvalue weighted by atomic mass is 16.6. The average molecular weight is 240 g/mol. The Bertz CT molecular complexity index is 418. The quantitative estimate of drug-likeness (QED) is 0.573. The Morgan fingerprint density at radius 3 is 2.35 bits per heavy atom. The van der Waals surface area contributed by atoms with Crippen LogP contribution in [0.4, 0.5) is 11.5 Å². The van der Waals surface area contributed by atoms with Crippen molar-refractivity contribution in [1.82, 2.24) is 9.97 Å². The van der Waals surface area contributed by atoms with Gasteiger partial charge in [0.15, 0.2) is 0 Å². The molecule has 0 atom stereocenters. The number of anilines is 1. The van der Waals surface area contributed by atoms with E-state index in [2.05, 4.69) is 9.97 Å². The van der Waals surface area contributed by atoms with Crippen LogP contribution >= 0.6 is 0 Å². The molecular formula is C10H16N4O3. The van der Waals surface area contributed by atoms with Gasteiger partial charge in [0.2, 0.25) is 5.82 Å². The normalized spacial score (nSPS) is 10.1. The highest BCUT2D eigenvalue weighted by Crippen LogP contribution is 2.33. The summed E-state index contributed by atoms with van der Waals surface area (Å²) in [5.74, 6) is 0.767. The monoisotopic (exact) mass is 240 g/mol. The first-order valence-corrected chi connectivity index (χ1v) is 5.37. The van der Waals surface area contributed by atoms with E-state index in [0.29, 0.717) is 24.7 Å². The van der Waals surface area contributed by atoms with Crippen molar-refractivity contribution in [2.24, 2.45) is 0 Å². The van der Waals surface area contributed by atoms with Crippen molar-refractivity contribution in [3.63, 3.8) is 0 Å². The SMILES string of the molecule is CCN(CC)c1nc(C)nc(OC)c1[N+](=O)[O-]. The van der Waals surface area contributed by atoms with Crippen LogP contribution in [0.15, 0.2) is 0 Å². The molecule has 0 saturated carbocycles. The molecule has 0 N–H and O–H groups in total. The second-order valence-corrected chi connectivity index (χ2v) is 3.38. The molecule has 0 aliphatic rings. The molecule has 0 amide bonds. The van der Waals surface area contributed by atoms with Crippen LogP contribution < -0.4 is 9.64 Å². The minimum Gasteiger partial charge on any atom is -0.476 e. The summed E-state index contributed by atoms with van der Waals surface area (Å²) >= 11 is 0. The number of hydrogen-bond acceptors (Lipinski definition) is 6. The number of aryl methyl sites for hydroxylation is 1. The Labute approximate surface area is 99.6 Å². The van der Waals surface area contributed by atoms with Gasteiger partial charge in [-0.05, 0) is 20.8 Å². The van der Waals surface area contributed by atoms with Crippen LogP contribution in [0.2, 0.25) is 0 Å². The Morgan fingerprint density at radius 2 is 1.94 bits per heavy atom. The molecule has 0 bridgehead atoms. The zero-order valence-corrected chi connectivity index (χ0v) is 10.4. The first-order chi connectivity index (χ1) is 8.04. The fourth-order valence-electron chi connectivity index (χ4n) is 1.57. The summed E-state index contributed by atoms with van der Waals surface area (Å²) in [5.41, 5.74) is -0.179. The molecule has 0 aliphatic carbocycles. The van der Waals surface area contributed by atoms with Crippen molar-refractivity contribution < 1.29 is 9.66 Å². The van der Waals surface area contributed by atoms with Crippen molar-refractivity contribution in [3.05, 3.63) is 15.9 Å². The molecular weight excluding hydrogens is 224 g/mol. The molecule has 1 aromatic heterocycles. The topological polar surface area (TPSA) is 81.4 Å². The van der Waals surface area contributed by atoms with Crippen molar-refractivity contribution in [2.45, 2.75) is 20.8 Å². The van der Waals surface area contributed by atoms with Gasteiger partial charge < -0.3 is 9.64 Å². The number of hydrogen-bond donors (Lipinski definition) is 0. The molecule has 7 heteroatoms. The first-order valence-electron chi connectivity index (χ1n) is 5.37. The lowest BCUT2D eigenvalue weighted by Gasteiger charge is -2.20. The largest absolute Gasteiger partial charge is 0.476 e. The predicted molar refractivity (Wildman–Crippen MR) is 63.5 cm³/mol. The molecule has 0 unspecified atom stereocenters. The summed E-state index contributed by atoms with van der Waals surface area (Å²) in [6.07, 6.45) is 0. The van der Waals surface area contributed by atoms with E-state index in [0.717, 1.165) is 0 Å². The van der Waals surface area contributed by atoms with E-state index in [9.17, 15) is 10.1 Å². The van der Waals surface area contributed by atoms with Crippen molar-refractivity contribution >= 4 is 11.5 Å². The van der Waals surface area contributed by atoms with Gasteiger partial charge in [-0.25, -0.2) is 4.98 Å². The second-order valence-electron chi connectivity index (χ2n) is 3.38. The third kappa shape index (κ3) is 2.61. The number of aromatic nitrogens is 2. The smallest absolute Gasteiger partial charge is 0.372 e. The minimum atomic E-state index is -0.508. The molecule has 1 heterocycles. The molecule has 0 aromatic carbocycles. The summed E-state index contributed by atoms with van der Waals surface area (Å²) in [7, 11) is 1.36. The van der Waals surface area contributed by atoms with Crippen LogP contribution in [-0.4, -0.2) is 35.1 Å². The molecule has 17 heavy (non-hydrogen) atoms. The molecule has 1 rings (SSSR count). The van der Waals surface area contributed by atoms with Crippen molar-refractivity contribution in [2.75, 3.05) is 25.1 Å². The van der Waals surface area contributed by atoms with Gasteiger partial charge in [0.05, 0.1) is 12.0 Å². The number of nitro groups is 1. The van der Waals surface area contributed by atoms with E-state index < -0.39 is 4.92 Å². The van der Waals surface area contributed by atoms with Gasteiger partial charge in [0, 0.05) is 13.1 Å². The fourth-order valence-corrected chi connectivity index (χ4v) is 1.57. The molecule has 0 radical (unpaired) electrons. The van der Waals surface area contributed by atoms with Gasteiger partial charge in [-0.1, -0.05) is 0 Å². The molecule has 0 fully saturated rings. The summed E-state index contributed by atoms with van der Waals surface area (Å²) in [4.78, 5) is 20.4. The van der Waals surface area contributed by atoms with E-state index in [1.807, 2.05) is 13.8 Å². The Kier molecular flexibility index (Phi) is 4.19. The second kappa shape index (κ2) is 5.42. The molecule has 94 valence electrons.